The van der Waals surface area contributed by atoms with Crippen LogP contribution in [-0.2, 0) is 11.2 Å². The number of rotatable bonds is 4. The van der Waals surface area contributed by atoms with Gasteiger partial charge in [0, 0.05) is 30.2 Å². The Morgan fingerprint density at radius 2 is 2.40 bits per heavy atom. The average Bonchev–Trinajstić information content (AvgIpc) is 3.13. The molecular weight excluding hydrogens is 270 g/mol. The van der Waals surface area contributed by atoms with E-state index in [1.165, 1.54) is 5.56 Å². The van der Waals surface area contributed by atoms with Gasteiger partial charge >= 0.3 is 0 Å². The molecule has 0 radical (unpaired) electrons. The van der Waals surface area contributed by atoms with E-state index in [4.69, 9.17) is 0 Å². The number of pyridine rings is 1. The second-order valence-electron chi connectivity index (χ2n) is 5.16. The van der Waals surface area contributed by atoms with Crippen LogP contribution in [0.4, 0.5) is 0 Å². The van der Waals surface area contributed by atoms with Crippen LogP contribution in [0.25, 0.3) is 0 Å². The first-order valence-electron chi connectivity index (χ1n) is 6.86. The lowest BCUT2D eigenvalue weighted by Crippen LogP contribution is -2.31. The first-order chi connectivity index (χ1) is 9.75. The zero-order chi connectivity index (χ0) is 13.9. The molecule has 2 aromatic rings. The Kier molecular flexibility index (Phi) is 3.78. The van der Waals surface area contributed by atoms with E-state index in [-0.39, 0.29) is 17.7 Å². The molecule has 0 saturated carbocycles. The Morgan fingerprint density at radius 1 is 1.50 bits per heavy atom. The van der Waals surface area contributed by atoms with E-state index in [9.17, 15) is 4.79 Å². The van der Waals surface area contributed by atoms with Gasteiger partial charge in [-0.05, 0) is 24.5 Å². The lowest BCUT2D eigenvalue weighted by Gasteiger charge is -2.14. The van der Waals surface area contributed by atoms with E-state index in [1.54, 1.807) is 23.7 Å². The van der Waals surface area contributed by atoms with E-state index in [1.807, 2.05) is 11.4 Å². The van der Waals surface area contributed by atoms with Gasteiger partial charge in [0.1, 0.15) is 0 Å². The van der Waals surface area contributed by atoms with Crippen molar-refractivity contribution >= 4 is 17.2 Å². The van der Waals surface area contributed by atoms with Gasteiger partial charge in [-0.25, -0.2) is 4.98 Å². The van der Waals surface area contributed by atoms with Gasteiger partial charge in [0.15, 0.2) is 0 Å². The maximum absolute atomic E-state index is 12.3. The normalized spacial score (nSPS) is 18.6. The van der Waals surface area contributed by atoms with Gasteiger partial charge in [-0.15, -0.1) is 11.3 Å². The first kappa shape index (κ1) is 13.2. The average molecular weight is 287 g/mol. The molecule has 1 aliphatic rings. The number of nitrogens with one attached hydrogen (secondary N) is 1. The van der Waals surface area contributed by atoms with E-state index >= 15 is 0 Å². The summed E-state index contributed by atoms with van der Waals surface area (Å²) in [6.45, 7) is 2.71. The molecule has 2 unspecified atom stereocenters. The molecule has 0 saturated heterocycles. The van der Waals surface area contributed by atoms with Gasteiger partial charge in [-0.2, -0.15) is 0 Å². The minimum absolute atomic E-state index is 0.0882. The number of amides is 1. The number of carbonyl (C=O) groups is 1. The van der Waals surface area contributed by atoms with Crippen LogP contribution in [0.3, 0.4) is 0 Å². The highest BCUT2D eigenvalue weighted by Crippen LogP contribution is 2.31. The molecule has 1 aliphatic carbocycles. The second-order valence-corrected chi connectivity index (χ2v) is 6.08. The number of hydrogen-bond acceptors (Lipinski definition) is 4. The molecule has 0 bridgehead atoms. The van der Waals surface area contributed by atoms with Gasteiger partial charge in [-0.3, -0.25) is 9.78 Å². The molecule has 2 aromatic heterocycles. The maximum atomic E-state index is 12.3. The summed E-state index contributed by atoms with van der Waals surface area (Å²) in [7, 11) is 0. The van der Waals surface area contributed by atoms with Crippen LogP contribution >= 0.6 is 11.3 Å². The Balaban J connectivity index is 1.61. The Labute approximate surface area is 122 Å². The van der Waals surface area contributed by atoms with Crippen LogP contribution in [0.15, 0.2) is 29.9 Å². The topological polar surface area (TPSA) is 54.9 Å². The van der Waals surface area contributed by atoms with Crippen LogP contribution in [0, 0.1) is 0 Å². The molecule has 0 aromatic carbocycles. The number of nitrogens with zero attached hydrogens (tertiary/aromatic N) is 2. The summed E-state index contributed by atoms with van der Waals surface area (Å²) in [6, 6.07) is 4.00. The summed E-state index contributed by atoms with van der Waals surface area (Å²) >= 11 is 1.63. The molecule has 104 valence electrons. The second kappa shape index (κ2) is 5.71. The van der Waals surface area contributed by atoms with Crippen molar-refractivity contribution in [2.24, 2.45) is 0 Å². The maximum Gasteiger partial charge on any atom is 0.229 e. The molecule has 0 spiro atoms. The van der Waals surface area contributed by atoms with Gasteiger partial charge in [0.2, 0.25) is 5.91 Å². The Hall–Kier alpha value is -1.75. The predicted octanol–water partition coefficient (Wildman–Crippen LogP) is 2.49. The van der Waals surface area contributed by atoms with Crippen molar-refractivity contribution in [1.82, 2.24) is 15.3 Å². The lowest BCUT2D eigenvalue weighted by atomic mass is 10.1. The Morgan fingerprint density at radius 3 is 3.20 bits per heavy atom. The monoisotopic (exact) mass is 287 g/mol. The fourth-order valence-corrected chi connectivity index (χ4v) is 3.31. The molecule has 1 N–H and O–H groups in total. The molecule has 0 fully saturated rings. The van der Waals surface area contributed by atoms with Crippen LogP contribution in [-0.4, -0.2) is 22.4 Å². The smallest absolute Gasteiger partial charge is 0.229 e. The van der Waals surface area contributed by atoms with Gasteiger partial charge < -0.3 is 5.32 Å². The molecule has 5 heteroatoms. The van der Waals surface area contributed by atoms with E-state index in [2.05, 4.69) is 28.3 Å². The highest BCUT2D eigenvalue weighted by atomic mass is 32.1. The molecule has 2 atom stereocenters. The standard InChI is InChI=1S/C15H17N3OS/c1-10(15-17-7-8-20-15)9-18-14(19)12-5-4-11-3-2-6-16-13(11)12/h2-3,6-8,10,12H,4-5,9H2,1H3,(H,18,19). The van der Waals surface area contributed by atoms with Crippen molar-refractivity contribution in [2.75, 3.05) is 6.54 Å². The minimum Gasteiger partial charge on any atom is -0.355 e. The van der Waals surface area contributed by atoms with Crippen LogP contribution in [0.1, 0.15) is 41.4 Å². The summed E-state index contributed by atoms with van der Waals surface area (Å²) in [4.78, 5) is 21.0. The number of aromatic nitrogens is 2. The van der Waals surface area contributed by atoms with Crippen LogP contribution in [0.2, 0.25) is 0 Å². The third-order valence-electron chi connectivity index (χ3n) is 3.73. The lowest BCUT2D eigenvalue weighted by molar-refractivity contribution is -0.122. The zero-order valence-electron chi connectivity index (χ0n) is 11.4. The Bertz CT molecular complexity index is 597. The molecule has 4 nitrogen and oxygen atoms in total. The fraction of sp³-hybridized carbons (Fsp3) is 0.400. The molecule has 1 amide bonds. The fourth-order valence-electron chi connectivity index (χ4n) is 2.61. The van der Waals surface area contributed by atoms with E-state index in [0.29, 0.717) is 6.54 Å². The molecular formula is C15H17N3OS. The summed E-state index contributed by atoms with van der Waals surface area (Å²) in [5.74, 6) is 0.254. The summed E-state index contributed by atoms with van der Waals surface area (Å²) < 4.78 is 0. The number of hydrogen-bond donors (Lipinski definition) is 1. The molecule has 0 aliphatic heterocycles. The third-order valence-corrected chi connectivity index (χ3v) is 4.74. The van der Waals surface area contributed by atoms with Gasteiger partial charge in [0.25, 0.3) is 0 Å². The molecule has 3 rings (SSSR count). The predicted molar refractivity (Wildman–Crippen MR) is 78.8 cm³/mol. The van der Waals surface area contributed by atoms with E-state index < -0.39 is 0 Å². The van der Waals surface area contributed by atoms with Gasteiger partial charge in [0.05, 0.1) is 16.6 Å². The minimum atomic E-state index is -0.0882. The van der Waals surface area contributed by atoms with Crippen molar-refractivity contribution in [2.45, 2.75) is 31.6 Å². The van der Waals surface area contributed by atoms with Crippen molar-refractivity contribution in [1.29, 1.82) is 0 Å². The van der Waals surface area contributed by atoms with E-state index in [0.717, 1.165) is 23.5 Å². The summed E-state index contributed by atoms with van der Waals surface area (Å²) in [5, 5.41) is 6.07. The highest BCUT2D eigenvalue weighted by Gasteiger charge is 2.29. The van der Waals surface area contributed by atoms with Crippen LogP contribution in [0.5, 0.6) is 0 Å². The van der Waals surface area contributed by atoms with Crippen LogP contribution < -0.4 is 5.32 Å². The summed E-state index contributed by atoms with van der Waals surface area (Å²) in [6.07, 6.45) is 5.38. The third kappa shape index (κ3) is 2.58. The van der Waals surface area contributed by atoms with Gasteiger partial charge in [-0.1, -0.05) is 13.0 Å². The van der Waals surface area contributed by atoms with Crippen molar-refractivity contribution in [3.05, 3.63) is 46.2 Å². The molecule has 2 heterocycles. The van der Waals surface area contributed by atoms with Crippen molar-refractivity contribution < 1.29 is 4.79 Å². The number of thiazole rings is 1. The molecule has 20 heavy (non-hydrogen) atoms. The van der Waals surface area contributed by atoms with Crippen molar-refractivity contribution in [3.8, 4) is 0 Å². The number of carbonyl (C=O) groups excluding carboxylic acids is 1. The quantitative estimate of drug-likeness (QED) is 0.940. The SMILES string of the molecule is CC(CNC(=O)C1CCc2cccnc21)c1nccs1. The number of fused-ring (bicyclic) bond motifs is 1. The van der Waals surface area contributed by atoms with Crippen molar-refractivity contribution in [3.63, 3.8) is 0 Å². The first-order valence-corrected chi connectivity index (χ1v) is 7.74. The zero-order valence-corrected chi connectivity index (χ0v) is 12.2. The summed E-state index contributed by atoms with van der Waals surface area (Å²) in [5.41, 5.74) is 2.16. The highest BCUT2D eigenvalue weighted by molar-refractivity contribution is 7.09. The number of aryl methyl sites for hydroxylation is 1. The largest absolute Gasteiger partial charge is 0.355 e.